The molecule has 0 bridgehead atoms. The maximum Gasteiger partial charge on any atom is 0.123 e. The Labute approximate surface area is 113 Å². The molecule has 19 heavy (non-hydrogen) atoms. The normalized spacial score (nSPS) is 10.5. The molecule has 0 spiro atoms. The van der Waals surface area contributed by atoms with Crippen molar-refractivity contribution in [1.29, 1.82) is 0 Å². The van der Waals surface area contributed by atoms with Crippen LogP contribution in [-0.4, -0.2) is 7.11 Å². The van der Waals surface area contributed by atoms with Gasteiger partial charge in [0.1, 0.15) is 11.6 Å². The second kappa shape index (κ2) is 6.34. The van der Waals surface area contributed by atoms with E-state index >= 15 is 0 Å². The quantitative estimate of drug-likeness (QED) is 0.888. The molecule has 0 amide bonds. The standard InChI is InChI=1S/C16H18FNO/c1-12-9-15(17)8-7-13(12)10-18-11-14-5-3-4-6-16(14)19-2/h3-9,18H,10-11H2,1-2H3. The Bertz CT molecular complexity index is 554. The Morgan fingerprint density at radius 2 is 1.79 bits per heavy atom. The van der Waals surface area contributed by atoms with E-state index in [0.29, 0.717) is 6.54 Å². The molecule has 0 aliphatic heterocycles. The molecule has 0 aromatic heterocycles. The number of rotatable bonds is 5. The molecular weight excluding hydrogens is 241 g/mol. The van der Waals surface area contributed by atoms with Crippen LogP contribution in [-0.2, 0) is 13.1 Å². The second-order valence-corrected chi connectivity index (χ2v) is 4.49. The van der Waals surface area contributed by atoms with Crippen molar-refractivity contribution in [2.24, 2.45) is 0 Å². The van der Waals surface area contributed by atoms with E-state index in [0.717, 1.165) is 29.0 Å². The number of halogens is 1. The van der Waals surface area contributed by atoms with Crippen molar-refractivity contribution >= 4 is 0 Å². The van der Waals surface area contributed by atoms with Gasteiger partial charge >= 0.3 is 0 Å². The van der Waals surface area contributed by atoms with Gasteiger partial charge in [0, 0.05) is 18.7 Å². The van der Waals surface area contributed by atoms with Crippen LogP contribution in [0.25, 0.3) is 0 Å². The monoisotopic (exact) mass is 259 g/mol. The van der Waals surface area contributed by atoms with Gasteiger partial charge < -0.3 is 10.1 Å². The van der Waals surface area contributed by atoms with Crippen LogP contribution in [0.4, 0.5) is 4.39 Å². The van der Waals surface area contributed by atoms with E-state index in [1.807, 2.05) is 37.3 Å². The summed E-state index contributed by atoms with van der Waals surface area (Å²) in [5, 5.41) is 3.35. The van der Waals surface area contributed by atoms with Crippen LogP contribution >= 0.6 is 0 Å². The van der Waals surface area contributed by atoms with E-state index in [-0.39, 0.29) is 5.82 Å². The molecule has 0 radical (unpaired) electrons. The van der Waals surface area contributed by atoms with Gasteiger partial charge in [0.15, 0.2) is 0 Å². The van der Waals surface area contributed by atoms with Gasteiger partial charge in [0.25, 0.3) is 0 Å². The Kier molecular flexibility index (Phi) is 4.53. The first-order chi connectivity index (χ1) is 9.20. The third kappa shape index (κ3) is 3.55. The van der Waals surface area contributed by atoms with Gasteiger partial charge in [-0.2, -0.15) is 0 Å². The summed E-state index contributed by atoms with van der Waals surface area (Å²) in [6.45, 7) is 3.36. The Morgan fingerprint density at radius 1 is 1.05 bits per heavy atom. The highest BCUT2D eigenvalue weighted by Crippen LogP contribution is 2.17. The van der Waals surface area contributed by atoms with Crippen molar-refractivity contribution in [3.63, 3.8) is 0 Å². The molecule has 0 aliphatic rings. The van der Waals surface area contributed by atoms with Gasteiger partial charge in [0.2, 0.25) is 0 Å². The fraction of sp³-hybridized carbons (Fsp3) is 0.250. The highest BCUT2D eigenvalue weighted by Gasteiger charge is 2.03. The topological polar surface area (TPSA) is 21.3 Å². The Hall–Kier alpha value is -1.87. The molecule has 0 heterocycles. The molecule has 0 saturated heterocycles. The number of hydrogen-bond donors (Lipinski definition) is 1. The minimum absolute atomic E-state index is 0.189. The summed E-state index contributed by atoms with van der Waals surface area (Å²) in [7, 11) is 1.67. The summed E-state index contributed by atoms with van der Waals surface area (Å²) in [6.07, 6.45) is 0. The minimum Gasteiger partial charge on any atom is -0.496 e. The van der Waals surface area contributed by atoms with Crippen molar-refractivity contribution < 1.29 is 9.13 Å². The van der Waals surface area contributed by atoms with E-state index in [9.17, 15) is 4.39 Å². The van der Waals surface area contributed by atoms with Gasteiger partial charge in [-0.15, -0.1) is 0 Å². The number of ether oxygens (including phenoxy) is 1. The molecule has 0 aliphatic carbocycles. The van der Waals surface area contributed by atoms with E-state index in [1.54, 1.807) is 13.2 Å². The van der Waals surface area contributed by atoms with E-state index in [4.69, 9.17) is 4.74 Å². The lowest BCUT2D eigenvalue weighted by Gasteiger charge is -2.10. The fourth-order valence-corrected chi connectivity index (χ4v) is 2.04. The smallest absolute Gasteiger partial charge is 0.123 e. The largest absolute Gasteiger partial charge is 0.496 e. The average molecular weight is 259 g/mol. The summed E-state index contributed by atoms with van der Waals surface area (Å²) in [5.74, 6) is 0.691. The first-order valence-corrected chi connectivity index (χ1v) is 6.28. The number of hydrogen-bond acceptors (Lipinski definition) is 2. The van der Waals surface area contributed by atoms with Crippen LogP contribution in [0.1, 0.15) is 16.7 Å². The summed E-state index contributed by atoms with van der Waals surface area (Å²) >= 11 is 0. The zero-order valence-electron chi connectivity index (χ0n) is 11.2. The van der Waals surface area contributed by atoms with Gasteiger partial charge in [0.05, 0.1) is 7.11 Å². The number of nitrogens with one attached hydrogen (secondary N) is 1. The number of aryl methyl sites for hydroxylation is 1. The maximum absolute atomic E-state index is 13.0. The van der Waals surface area contributed by atoms with Gasteiger partial charge in [-0.3, -0.25) is 0 Å². The van der Waals surface area contributed by atoms with E-state index in [1.165, 1.54) is 6.07 Å². The molecule has 100 valence electrons. The predicted octanol–water partition coefficient (Wildman–Crippen LogP) is 3.43. The fourth-order valence-electron chi connectivity index (χ4n) is 2.04. The molecule has 2 aromatic rings. The van der Waals surface area contributed by atoms with Crippen LogP contribution in [0.5, 0.6) is 5.75 Å². The summed E-state index contributed by atoms with van der Waals surface area (Å²) in [4.78, 5) is 0. The second-order valence-electron chi connectivity index (χ2n) is 4.49. The Morgan fingerprint density at radius 3 is 2.53 bits per heavy atom. The SMILES string of the molecule is COc1ccccc1CNCc1ccc(F)cc1C. The lowest BCUT2D eigenvalue weighted by molar-refractivity contribution is 0.407. The van der Waals surface area contributed by atoms with Gasteiger partial charge in [-0.05, 0) is 36.2 Å². The van der Waals surface area contributed by atoms with Crippen LogP contribution < -0.4 is 10.1 Å². The van der Waals surface area contributed by atoms with Gasteiger partial charge in [-0.25, -0.2) is 4.39 Å². The maximum atomic E-state index is 13.0. The zero-order valence-corrected chi connectivity index (χ0v) is 11.2. The summed E-state index contributed by atoms with van der Waals surface area (Å²) in [5.41, 5.74) is 3.19. The third-order valence-corrected chi connectivity index (χ3v) is 3.13. The molecule has 3 heteroatoms. The molecular formula is C16H18FNO. The van der Waals surface area contributed by atoms with Crippen LogP contribution in [0.15, 0.2) is 42.5 Å². The van der Waals surface area contributed by atoms with Crippen molar-refractivity contribution in [3.8, 4) is 5.75 Å². The molecule has 2 nitrogen and oxygen atoms in total. The minimum atomic E-state index is -0.189. The zero-order chi connectivity index (χ0) is 13.7. The lowest BCUT2D eigenvalue weighted by Crippen LogP contribution is -2.14. The van der Waals surface area contributed by atoms with Crippen LogP contribution in [0.3, 0.4) is 0 Å². The van der Waals surface area contributed by atoms with Gasteiger partial charge in [-0.1, -0.05) is 24.3 Å². The third-order valence-electron chi connectivity index (χ3n) is 3.13. The van der Waals surface area contributed by atoms with Crippen LogP contribution in [0, 0.1) is 12.7 Å². The first kappa shape index (κ1) is 13.6. The highest BCUT2D eigenvalue weighted by molar-refractivity contribution is 5.33. The molecule has 1 N–H and O–H groups in total. The molecule has 2 rings (SSSR count). The highest BCUT2D eigenvalue weighted by atomic mass is 19.1. The van der Waals surface area contributed by atoms with E-state index in [2.05, 4.69) is 5.32 Å². The van der Waals surface area contributed by atoms with Crippen LogP contribution in [0.2, 0.25) is 0 Å². The average Bonchev–Trinajstić information content (AvgIpc) is 2.42. The van der Waals surface area contributed by atoms with Crippen molar-refractivity contribution in [2.45, 2.75) is 20.0 Å². The summed E-state index contributed by atoms with van der Waals surface area (Å²) < 4.78 is 18.3. The van der Waals surface area contributed by atoms with Crippen molar-refractivity contribution in [2.75, 3.05) is 7.11 Å². The van der Waals surface area contributed by atoms with E-state index < -0.39 is 0 Å². The lowest BCUT2D eigenvalue weighted by atomic mass is 10.1. The number of benzene rings is 2. The Balaban J connectivity index is 1.96. The molecule has 2 aromatic carbocycles. The number of methoxy groups -OCH3 is 1. The molecule has 0 atom stereocenters. The molecule has 0 unspecified atom stereocenters. The number of para-hydroxylation sites is 1. The summed E-state index contributed by atoms with van der Waals surface area (Å²) in [6, 6.07) is 12.8. The predicted molar refractivity (Wildman–Crippen MR) is 74.7 cm³/mol. The molecule has 0 fully saturated rings. The first-order valence-electron chi connectivity index (χ1n) is 6.28. The molecule has 0 saturated carbocycles. The van der Waals surface area contributed by atoms with Crippen molar-refractivity contribution in [3.05, 3.63) is 65.0 Å². The van der Waals surface area contributed by atoms with Crippen molar-refractivity contribution in [1.82, 2.24) is 5.32 Å².